The van der Waals surface area contributed by atoms with Gasteiger partial charge in [0.1, 0.15) is 0 Å². The molecular weight excluding hydrogens is 344 g/mol. The smallest absolute Gasteiger partial charge is 0.319 e. The summed E-state index contributed by atoms with van der Waals surface area (Å²) in [6.45, 7) is 2.51. The molecule has 1 aliphatic heterocycles. The van der Waals surface area contributed by atoms with E-state index in [4.69, 9.17) is 11.6 Å². The average molecular weight is 367 g/mol. The predicted molar refractivity (Wildman–Crippen MR) is 97.8 cm³/mol. The number of hydrogen-bond acceptors (Lipinski definition) is 3. The Morgan fingerprint density at radius 1 is 1.16 bits per heavy atom. The van der Waals surface area contributed by atoms with Crippen LogP contribution in [-0.2, 0) is 9.59 Å². The fraction of sp³-hybridized carbons (Fsp3) is 0.471. The minimum atomic E-state index is -0.197. The summed E-state index contributed by atoms with van der Waals surface area (Å²) < 4.78 is 0. The quantitative estimate of drug-likeness (QED) is 0.862. The van der Waals surface area contributed by atoms with Crippen LogP contribution in [0.5, 0.6) is 0 Å². The highest BCUT2D eigenvalue weighted by molar-refractivity contribution is 6.33. The molecule has 4 amide bonds. The van der Waals surface area contributed by atoms with Crippen LogP contribution in [0.25, 0.3) is 0 Å². The number of anilines is 2. The highest BCUT2D eigenvalue weighted by Crippen LogP contribution is 2.27. The molecule has 0 aliphatic carbocycles. The lowest BCUT2D eigenvalue weighted by molar-refractivity contribution is -0.121. The highest BCUT2D eigenvalue weighted by Gasteiger charge is 2.28. The number of hydrogen-bond donors (Lipinski definition) is 2. The molecule has 0 saturated carbocycles. The molecule has 136 valence electrons. The third-order valence-electron chi connectivity index (χ3n) is 4.06. The normalized spacial score (nSPS) is 14.8. The topological polar surface area (TPSA) is 81.8 Å². The molecule has 0 atom stereocenters. The zero-order valence-electron chi connectivity index (χ0n) is 14.6. The minimum Gasteiger partial charge on any atom is -0.331 e. The maximum absolute atomic E-state index is 12.5. The van der Waals surface area contributed by atoms with Crippen LogP contribution in [0.15, 0.2) is 18.2 Å². The van der Waals surface area contributed by atoms with Crippen molar-refractivity contribution in [2.45, 2.75) is 19.8 Å². The van der Waals surface area contributed by atoms with Crippen molar-refractivity contribution in [2.75, 3.05) is 37.8 Å². The van der Waals surface area contributed by atoms with Gasteiger partial charge in [0.25, 0.3) is 0 Å². The van der Waals surface area contributed by atoms with Crippen LogP contribution in [0.3, 0.4) is 0 Å². The van der Waals surface area contributed by atoms with E-state index in [-0.39, 0.29) is 23.8 Å². The largest absolute Gasteiger partial charge is 0.331 e. The summed E-state index contributed by atoms with van der Waals surface area (Å²) in [5.41, 5.74) is 1.03. The molecule has 2 N–H and O–H groups in total. The van der Waals surface area contributed by atoms with Crippen LogP contribution in [0, 0.1) is 5.92 Å². The number of halogens is 1. The molecule has 0 radical (unpaired) electrons. The van der Waals surface area contributed by atoms with Gasteiger partial charge in [-0.15, -0.1) is 0 Å². The zero-order valence-corrected chi connectivity index (χ0v) is 15.4. The van der Waals surface area contributed by atoms with Crippen molar-refractivity contribution in [3.8, 4) is 0 Å². The third-order valence-corrected chi connectivity index (χ3v) is 4.39. The Morgan fingerprint density at radius 2 is 1.80 bits per heavy atom. The lowest BCUT2D eigenvalue weighted by atomic mass is 9.96. The van der Waals surface area contributed by atoms with Crippen molar-refractivity contribution in [2.24, 2.45) is 5.92 Å². The van der Waals surface area contributed by atoms with E-state index in [1.54, 1.807) is 37.2 Å². The Labute approximate surface area is 152 Å². The van der Waals surface area contributed by atoms with Gasteiger partial charge in [0.2, 0.25) is 11.8 Å². The molecule has 8 heteroatoms. The van der Waals surface area contributed by atoms with Gasteiger partial charge in [-0.25, -0.2) is 4.79 Å². The predicted octanol–water partition coefficient (Wildman–Crippen LogP) is 2.63. The second kappa shape index (κ2) is 8.20. The van der Waals surface area contributed by atoms with Crippen LogP contribution >= 0.6 is 11.6 Å². The Morgan fingerprint density at radius 3 is 2.36 bits per heavy atom. The molecule has 1 saturated heterocycles. The van der Waals surface area contributed by atoms with Gasteiger partial charge in [-0.05, 0) is 31.0 Å². The monoisotopic (exact) mass is 366 g/mol. The summed E-state index contributed by atoms with van der Waals surface area (Å²) in [5.74, 6) is -0.497. The second-order valence-electron chi connectivity index (χ2n) is 6.30. The van der Waals surface area contributed by atoms with E-state index in [1.807, 2.05) is 0 Å². The van der Waals surface area contributed by atoms with Gasteiger partial charge >= 0.3 is 6.03 Å². The number of piperidine rings is 1. The van der Waals surface area contributed by atoms with Crippen LogP contribution in [0.4, 0.5) is 16.2 Å². The van der Waals surface area contributed by atoms with Crippen LogP contribution in [-0.4, -0.2) is 54.8 Å². The van der Waals surface area contributed by atoms with Crippen molar-refractivity contribution >= 4 is 40.8 Å². The molecule has 7 nitrogen and oxygen atoms in total. The molecule has 1 heterocycles. The summed E-state index contributed by atoms with van der Waals surface area (Å²) in [4.78, 5) is 38.9. The van der Waals surface area contributed by atoms with Crippen molar-refractivity contribution in [1.82, 2.24) is 9.80 Å². The third kappa shape index (κ3) is 5.09. The summed E-state index contributed by atoms with van der Waals surface area (Å²) in [5, 5.41) is 5.89. The molecule has 1 aromatic rings. The van der Waals surface area contributed by atoms with Crippen molar-refractivity contribution in [1.29, 1.82) is 0 Å². The number of nitrogens with zero attached hydrogens (tertiary/aromatic N) is 2. The highest BCUT2D eigenvalue weighted by atomic mass is 35.5. The maximum atomic E-state index is 12.5. The zero-order chi connectivity index (χ0) is 18.6. The number of carbonyl (C=O) groups is 3. The van der Waals surface area contributed by atoms with Gasteiger partial charge in [-0.2, -0.15) is 0 Å². The molecular formula is C17H23ClN4O3. The number of likely N-dealkylation sites (tertiary alicyclic amines) is 1. The van der Waals surface area contributed by atoms with E-state index in [2.05, 4.69) is 10.6 Å². The summed E-state index contributed by atoms with van der Waals surface area (Å²) in [6.07, 6.45) is 1.21. The van der Waals surface area contributed by atoms with Crippen molar-refractivity contribution < 1.29 is 14.4 Å². The molecule has 1 aromatic carbocycles. The van der Waals surface area contributed by atoms with Gasteiger partial charge in [-0.3, -0.25) is 9.59 Å². The second-order valence-corrected chi connectivity index (χ2v) is 6.71. The molecule has 0 bridgehead atoms. The molecule has 1 fully saturated rings. The first-order chi connectivity index (χ1) is 11.8. The number of nitrogens with one attached hydrogen (secondary N) is 2. The van der Waals surface area contributed by atoms with E-state index in [9.17, 15) is 14.4 Å². The van der Waals surface area contributed by atoms with Gasteiger partial charge in [-0.1, -0.05) is 11.6 Å². The first-order valence-corrected chi connectivity index (χ1v) is 8.50. The van der Waals surface area contributed by atoms with Gasteiger partial charge < -0.3 is 20.4 Å². The molecule has 1 aliphatic rings. The van der Waals surface area contributed by atoms with Gasteiger partial charge in [0.15, 0.2) is 0 Å². The first kappa shape index (κ1) is 19.1. The fourth-order valence-electron chi connectivity index (χ4n) is 2.75. The van der Waals surface area contributed by atoms with E-state index in [0.29, 0.717) is 42.3 Å². The molecule has 0 aromatic heterocycles. The molecule has 0 unspecified atom stereocenters. The number of carbonyl (C=O) groups excluding carboxylic acids is 3. The average Bonchev–Trinajstić information content (AvgIpc) is 2.56. The summed E-state index contributed by atoms with van der Waals surface area (Å²) in [7, 11) is 3.43. The number of benzene rings is 1. The van der Waals surface area contributed by atoms with E-state index >= 15 is 0 Å². The van der Waals surface area contributed by atoms with Crippen LogP contribution in [0.1, 0.15) is 19.8 Å². The number of rotatable bonds is 3. The Kier molecular flexibility index (Phi) is 6.25. The van der Waals surface area contributed by atoms with Crippen LogP contribution < -0.4 is 10.6 Å². The van der Waals surface area contributed by atoms with Crippen LogP contribution in [0.2, 0.25) is 5.02 Å². The Hall–Kier alpha value is -2.28. The Bertz CT molecular complexity index is 670. The SMILES string of the molecule is CC(=O)Nc1ccc(Cl)c(NC(=O)C2CCN(C(=O)N(C)C)CC2)c1. The lowest BCUT2D eigenvalue weighted by Crippen LogP contribution is -2.45. The lowest BCUT2D eigenvalue weighted by Gasteiger charge is -2.33. The molecule has 0 spiro atoms. The number of urea groups is 1. The van der Waals surface area contributed by atoms with E-state index in [0.717, 1.165) is 0 Å². The first-order valence-electron chi connectivity index (χ1n) is 8.12. The van der Waals surface area contributed by atoms with E-state index < -0.39 is 0 Å². The van der Waals surface area contributed by atoms with E-state index in [1.165, 1.54) is 11.8 Å². The number of amides is 4. The molecule has 2 rings (SSSR count). The minimum absolute atomic E-state index is 0.0371. The summed E-state index contributed by atoms with van der Waals surface area (Å²) in [6, 6.07) is 4.89. The standard InChI is InChI=1S/C17H23ClN4O3/c1-11(23)19-13-4-5-14(18)15(10-13)20-16(24)12-6-8-22(9-7-12)17(25)21(2)3/h4-5,10,12H,6-9H2,1-3H3,(H,19,23)(H,20,24). The fourth-order valence-corrected chi connectivity index (χ4v) is 2.92. The van der Waals surface area contributed by atoms with Crippen molar-refractivity contribution in [3.05, 3.63) is 23.2 Å². The summed E-state index contributed by atoms with van der Waals surface area (Å²) >= 11 is 6.13. The maximum Gasteiger partial charge on any atom is 0.319 e. The molecule has 25 heavy (non-hydrogen) atoms. The Balaban J connectivity index is 1.97. The van der Waals surface area contributed by atoms with Gasteiger partial charge in [0.05, 0.1) is 10.7 Å². The van der Waals surface area contributed by atoms with Crippen molar-refractivity contribution in [3.63, 3.8) is 0 Å². The van der Waals surface area contributed by atoms with Gasteiger partial charge in [0, 0.05) is 45.7 Å².